The summed E-state index contributed by atoms with van der Waals surface area (Å²) >= 11 is 0. The first-order chi connectivity index (χ1) is 10.1. The third-order valence-corrected chi connectivity index (χ3v) is 3.49. The van der Waals surface area contributed by atoms with Crippen LogP contribution in [0.25, 0.3) is 0 Å². The van der Waals surface area contributed by atoms with Crippen LogP contribution in [0, 0.1) is 0 Å². The van der Waals surface area contributed by atoms with E-state index < -0.39 is 5.97 Å². The average Bonchev–Trinajstić information content (AvgIpc) is 2.51. The van der Waals surface area contributed by atoms with Crippen LogP contribution in [0.4, 0.5) is 11.5 Å². The maximum Gasteiger partial charge on any atom is 0.356 e. The van der Waals surface area contributed by atoms with Crippen molar-refractivity contribution in [1.82, 2.24) is 4.98 Å². The van der Waals surface area contributed by atoms with E-state index in [1.54, 1.807) is 19.2 Å². The maximum absolute atomic E-state index is 11.7. The van der Waals surface area contributed by atoms with Gasteiger partial charge < -0.3 is 20.1 Å². The number of nitrogen functional groups attached to an aromatic ring is 1. The Bertz CT molecular complexity index is 461. The SMILES string of the molecule is CCC(CC)N(CCOC)c1nc(C(=O)OC)ccc1N. The van der Waals surface area contributed by atoms with E-state index in [0.717, 1.165) is 12.8 Å². The Morgan fingerprint density at radius 1 is 1.33 bits per heavy atom. The van der Waals surface area contributed by atoms with Crippen LogP contribution in [0.3, 0.4) is 0 Å². The summed E-state index contributed by atoms with van der Waals surface area (Å²) in [5, 5.41) is 0. The van der Waals surface area contributed by atoms with E-state index in [1.807, 2.05) is 0 Å². The number of aromatic nitrogens is 1. The lowest BCUT2D eigenvalue weighted by Gasteiger charge is -2.32. The van der Waals surface area contributed by atoms with Crippen molar-refractivity contribution in [3.8, 4) is 0 Å². The lowest BCUT2D eigenvalue weighted by Crippen LogP contribution is -2.38. The van der Waals surface area contributed by atoms with Crippen LogP contribution in [0.2, 0.25) is 0 Å². The van der Waals surface area contributed by atoms with Crippen molar-refractivity contribution < 1.29 is 14.3 Å². The standard InChI is InChI=1S/C15H25N3O3/c1-5-11(6-2)18(9-10-20-3)14-12(16)7-8-13(17-14)15(19)21-4/h7-8,11H,5-6,9-10,16H2,1-4H3. The molecular formula is C15H25N3O3. The van der Waals surface area contributed by atoms with E-state index >= 15 is 0 Å². The molecule has 0 bridgehead atoms. The lowest BCUT2D eigenvalue weighted by molar-refractivity contribution is 0.0594. The van der Waals surface area contributed by atoms with Gasteiger partial charge in [0, 0.05) is 19.7 Å². The Morgan fingerprint density at radius 3 is 2.52 bits per heavy atom. The van der Waals surface area contributed by atoms with E-state index in [1.165, 1.54) is 7.11 Å². The van der Waals surface area contributed by atoms with Crippen molar-refractivity contribution in [2.45, 2.75) is 32.7 Å². The van der Waals surface area contributed by atoms with Crippen molar-refractivity contribution in [3.05, 3.63) is 17.8 Å². The fourth-order valence-corrected chi connectivity index (χ4v) is 2.29. The van der Waals surface area contributed by atoms with Crippen molar-refractivity contribution >= 4 is 17.5 Å². The summed E-state index contributed by atoms with van der Waals surface area (Å²) in [4.78, 5) is 18.1. The molecule has 0 unspecified atom stereocenters. The normalized spacial score (nSPS) is 10.7. The predicted molar refractivity (Wildman–Crippen MR) is 83.6 cm³/mol. The van der Waals surface area contributed by atoms with Gasteiger partial charge in [-0.05, 0) is 25.0 Å². The maximum atomic E-state index is 11.7. The van der Waals surface area contributed by atoms with Gasteiger partial charge in [0.05, 0.1) is 19.4 Å². The summed E-state index contributed by atoms with van der Waals surface area (Å²) in [6.45, 7) is 5.48. The van der Waals surface area contributed by atoms with Crippen LogP contribution in [0.5, 0.6) is 0 Å². The van der Waals surface area contributed by atoms with E-state index in [9.17, 15) is 4.79 Å². The summed E-state index contributed by atoms with van der Waals surface area (Å²) < 4.78 is 9.89. The van der Waals surface area contributed by atoms with Crippen LogP contribution >= 0.6 is 0 Å². The van der Waals surface area contributed by atoms with Crippen LogP contribution in [0.15, 0.2) is 12.1 Å². The highest BCUT2D eigenvalue weighted by molar-refractivity contribution is 5.88. The average molecular weight is 295 g/mol. The summed E-state index contributed by atoms with van der Waals surface area (Å²) in [6, 6.07) is 3.56. The number of nitrogens with zero attached hydrogens (tertiary/aromatic N) is 2. The Balaban J connectivity index is 3.18. The topological polar surface area (TPSA) is 77.7 Å². The minimum absolute atomic E-state index is 0.259. The summed E-state index contributed by atoms with van der Waals surface area (Å²) in [7, 11) is 3.00. The minimum atomic E-state index is -0.465. The van der Waals surface area contributed by atoms with Crippen molar-refractivity contribution in [3.63, 3.8) is 0 Å². The third-order valence-electron chi connectivity index (χ3n) is 3.49. The number of carbonyl (C=O) groups is 1. The van der Waals surface area contributed by atoms with Crippen LogP contribution in [0.1, 0.15) is 37.2 Å². The Kier molecular flexibility index (Phi) is 6.94. The molecule has 0 atom stereocenters. The monoisotopic (exact) mass is 295 g/mol. The second-order valence-electron chi connectivity index (χ2n) is 4.76. The largest absolute Gasteiger partial charge is 0.464 e. The number of hydrogen-bond acceptors (Lipinski definition) is 6. The van der Waals surface area contributed by atoms with Gasteiger partial charge in [0.1, 0.15) is 0 Å². The van der Waals surface area contributed by atoms with Gasteiger partial charge in [-0.2, -0.15) is 0 Å². The highest BCUT2D eigenvalue weighted by Crippen LogP contribution is 2.25. The first-order valence-corrected chi connectivity index (χ1v) is 7.19. The lowest BCUT2D eigenvalue weighted by atomic mass is 10.1. The van der Waals surface area contributed by atoms with Crippen molar-refractivity contribution in [1.29, 1.82) is 0 Å². The second-order valence-corrected chi connectivity index (χ2v) is 4.76. The van der Waals surface area contributed by atoms with E-state index in [-0.39, 0.29) is 5.69 Å². The molecule has 0 amide bonds. The molecular weight excluding hydrogens is 270 g/mol. The highest BCUT2D eigenvalue weighted by Gasteiger charge is 2.21. The van der Waals surface area contributed by atoms with Gasteiger partial charge in [-0.3, -0.25) is 0 Å². The van der Waals surface area contributed by atoms with E-state index in [4.69, 9.17) is 15.2 Å². The van der Waals surface area contributed by atoms with E-state index in [0.29, 0.717) is 30.7 Å². The zero-order valence-corrected chi connectivity index (χ0v) is 13.3. The molecule has 0 spiro atoms. The van der Waals surface area contributed by atoms with Gasteiger partial charge in [0.2, 0.25) is 0 Å². The molecule has 1 aromatic heterocycles. The number of anilines is 2. The molecule has 2 N–H and O–H groups in total. The minimum Gasteiger partial charge on any atom is -0.464 e. The number of pyridine rings is 1. The number of methoxy groups -OCH3 is 2. The summed E-state index contributed by atoms with van der Waals surface area (Å²) in [5.74, 6) is 0.149. The summed E-state index contributed by atoms with van der Waals surface area (Å²) in [6.07, 6.45) is 1.92. The highest BCUT2D eigenvalue weighted by atomic mass is 16.5. The van der Waals surface area contributed by atoms with Gasteiger partial charge in [-0.25, -0.2) is 9.78 Å². The Hall–Kier alpha value is -1.82. The van der Waals surface area contributed by atoms with Crippen molar-refractivity contribution in [2.24, 2.45) is 0 Å². The van der Waals surface area contributed by atoms with Gasteiger partial charge in [-0.1, -0.05) is 13.8 Å². The number of carbonyl (C=O) groups excluding carboxylic acids is 1. The van der Waals surface area contributed by atoms with Crippen LogP contribution in [-0.2, 0) is 9.47 Å². The fraction of sp³-hybridized carbons (Fsp3) is 0.600. The molecule has 0 aliphatic rings. The number of esters is 1. The van der Waals surface area contributed by atoms with Crippen LogP contribution in [-0.4, -0.2) is 44.4 Å². The number of ether oxygens (including phenoxy) is 2. The predicted octanol–water partition coefficient (Wildman–Crippen LogP) is 2.09. The molecule has 1 rings (SSSR count). The van der Waals surface area contributed by atoms with Gasteiger partial charge in [0.15, 0.2) is 11.5 Å². The molecule has 6 nitrogen and oxygen atoms in total. The zero-order chi connectivity index (χ0) is 15.8. The number of hydrogen-bond donors (Lipinski definition) is 1. The molecule has 1 heterocycles. The number of rotatable bonds is 8. The molecule has 0 aliphatic heterocycles. The first-order valence-electron chi connectivity index (χ1n) is 7.19. The van der Waals surface area contributed by atoms with Gasteiger partial charge in [-0.15, -0.1) is 0 Å². The molecule has 0 fully saturated rings. The molecule has 0 aromatic carbocycles. The third kappa shape index (κ3) is 4.32. The number of nitrogens with two attached hydrogens (primary N) is 1. The summed E-state index contributed by atoms with van der Waals surface area (Å²) in [5.41, 5.74) is 6.86. The molecule has 0 radical (unpaired) electrons. The first kappa shape index (κ1) is 17.2. The molecule has 118 valence electrons. The molecule has 0 saturated carbocycles. The quantitative estimate of drug-likeness (QED) is 0.740. The van der Waals surface area contributed by atoms with Crippen LogP contribution < -0.4 is 10.6 Å². The smallest absolute Gasteiger partial charge is 0.356 e. The van der Waals surface area contributed by atoms with Crippen molar-refractivity contribution in [2.75, 3.05) is 38.0 Å². The molecule has 1 aromatic rings. The molecule has 0 aliphatic carbocycles. The Labute approximate surface area is 126 Å². The van der Waals surface area contributed by atoms with Gasteiger partial charge >= 0.3 is 5.97 Å². The molecule has 0 saturated heterocycles. The Morgan fingerprint density at radius 2 is 2.00 bits per heavy atom. The molecule has 21 heavy (non-hydrogen) atoms. The molecule has 6 heteroatoms. The van der Waals surface area contributed by atoms with Gasteiger partial charge in [0.25, 0.3) is 0 Å². The fourth-order valence-electron chi connectivity index (χ4n) is 2.29. The van der Waals surface area contributed by atoms with E-state index in [2.05, 4.69) is 23.7 Å². The second kappa shape index (κ2) is 8.46. The zero-order valence-electron chi connectivity index (χ0n) is 13.3.